The van der Waals surface area contributed by atoms with Crippen LogP contribution in [0.25, 0.3) is 11.1 Å². The maximum atomic E-state index is 13.7. The highest BCUT2D eigenvalue weighted by Crippen LogP contribution is 2.35. The number of ether oxygens (including phenoxy) is 1. The van der Waals surface area contributed by atoms with Crippen molar-refractivity contribution >= 4 is 11.6 Å². The minimum absolute atomic E-state index is 0.0836. The van der Waals surface area contributed by atoms with E-state index in [2.05, 4.69) is 4.98 Å². The number of methoxy groups -OCH3 is 1. The topological polar surface area (TPSA) is 42.4 Å². The number of hydrogen-bond donors (Lipinski definition) is 1. The summed E-state index contributed by atoms with van der Waals surface area (Å²) in [4.78, 5) is 3.88. The smallest absolute Gasteiger partial charge is 0.145 e. The molecule has 17 heavy (non-hydrogen) atoms. The van der Waals surface area contributed by atoms with E-state index in [1.165, 1.54) is 25.6 Å². The van der Waals surface area contributed by atoms with Gasteiger partial charge in [0.1, 0.15) is 17.3 Å². The number of benzene rings is 1. The summed E-state index contributed by atoms with van der Waals surface area (Å²) in [6.45, 7) is 0. The lowest BCUT2D eigenvalue weighted by Crippen LogP contribution is -1.91. The Hall–Kier alpha value is -1.81. The summed E-state index contributed by atoms with van der Waals surface area (Å²) >= 11 is 5.76. The van der Waals surface area contributed by atoms with Crippen molar-refractivity contribution in [1.82, 2.24) is 4.98 Å². The molecule has 0 bridgehead atoms. The molecule has 0 fully saturated rings. The van der Waals surface area contributed by atoms with Crippen LogP contribution in [0.3, 0.4) is 0 Å². The zero-order valence-corrected chi connectivity index (χ0v) is 9.70. The average Bonchev–Trinajstić information content (AvgIpc) is 2.34. The Morgan fingerprint density at radius 1 is 1.35 bits per heavy atom. The first-order valence-electron chi connectivity index (χ1n) is 4.80. The maximum absolute atomic E-state index is 13.7. The average molecular weight is 254 g/mol. The van der Waals surface area contributed by atoms with Crippen LogP contribution in [0.15, 0.2) is 30.6 Å². The largest absolute Gasteiger partial charge is 0.506 e. The van der Waals surface area contributed by atoms with Gasteiger partial charge in [0.15, 0.2) is 0 Å². The Labute approximate surface area is 102 Å². The predicted octanol–water partition coefficient (Wildman–Crippen LogP) is 3.26. The monoisotopic (exact) mass is 253 g/mol. The first-order valence-corrected chi connectivity index (χ1v) is 5.17. The Bertz CT molecular complexity index is 560. The molecule has 0 amide bonds. The van der Waals surface area contributed by atoms with Gasteiger partial charge in [0.25, 0.3) is 0 Å². The van der Waals surface area contributed by atoms with Crippen LogP contribution in [0.2, 0.25) is 5.02 Å². The van der Waals surface area contributed by atoms with Crippen molar-refractivity contribution < 1.29 is 14.2 Å². The van der Waals surface area contributed by atoms with Gasteiger partial charge in [-0.2, -0.15) is 0 Å². The minimum atomic E-state index is -0.573. The second-order valence-corrected chi connectivity index (χ2v) is 3.77. The van der Waals surface area contributed by atoms with Gasteiger partial charge in [-0.25, -0.2) is 4.39 Å². The fourth-order valence-electron chi connectivity index (χ4n) is 1.51. The lowest BCUT2D eigenvalue weighted by molar-refractivity contribution is 0.414. The lowest BCUT2D eigenvalue weighted by atomic mass is 10.1. The number of phenolic OH excluding ortho intramolecular Hbond substituents is 1. The number of aromatic hydroxyl groups is 1. The summed E-state index contributed by atoms with van der Waals surface area (Å²) in [6.07, 6.45) is 3.01. The number of pyridine rings is 1. The molecule has 1 N–H and O–H groups in total. The highest BCUT2D eigenvalue weighted by molar-refractivity contribution is 6.32. The number of hydrogen-bond acceptors (Lipinski definition) is 3. The maximum Gasteiger partial charge on any atom is 0.145 e. The fraction of sp³-hybridized carbons (Fsp3) is 0.0833. The number of rotatable bonds is 2. The van der Waals surface area contributed by atoms with Gasteiger partial charge in [0.2, 0.25) is 0 Å². The molecule has 1 aromatic carbocycles. The SMILES string of the molecule is COc1cnccc1-c1cc(Cl)c(O)cc1F. The van der Waals surface area contributed by atoms with E-state index >= 15 is 0 Å². The molecule has 3 nitrogen and oxygen atoms in total. The molecular weight excluding hydrogens is 245 g/mol. The first kappa shape index (κ1) is 11.7. The first-order chi connectivity index (χ1) is 8.13. The number of phenols is 1. The molecule has 5 heteroatoms. The summed E-state index contributed by atoms with van der Waals surface area (Å²) in [5, 5.41) is 9.37. The van der Waals surface area contributed by atoms with Gasteiger partial charge in [0.05, 0.1) is 18.3 Å². The molecule has 0 unspecified atom stereocenters. The van der Waals surface area contributed by atoms with Crippen LogP contribution in [0.1, 0.15) is 0 Å². The Morgan fingerprint density at radius 3 is 2.82 bits per heavy atom. The van der Waals surface area contributed by atoms with E-state index in [9.17, 15) is 9.50 Å². The zero-order chi connectivity index (χ0) is 12.4. The summed E-state index contributed by atoms with van der Waals surface area (Å²) < 4.78 is 18.8. The van der Waals surface area contributed by atoms with Crippen LogP contribution in [0.4, 0.5) is 4.39 Å². The van der Waals surface area contributed by atoms with Gasteiger partial charge in [0, 0.05) is 23.4 Å². The van der Waals surface area contributed by atoms with Gasteiger partial charge < -0.3 is 9.84 Å². The molecule has 2 aromatic rings. The van der Waals surface area contributed by atoms with Crippen molar-refractivity contribution in [3.05, 3.63) is 41.4 Å². The third-order valence-corrected chi connectivity index (χ3v) is 2.63. The molecule has 88 valence electrons. The summed E-state index contributed by atoms with van der Waals surface area (Å²) in [5.74, 6) is -0.425. The van der Waals surface area contributed by atoms with Crippen molar-refractivity contribution in [1.29, 1.82) is 0 Å². The molecule has 0 radical (unpaired) electrons. The minimum Gasteiger partial charge on any atom is -0.506 e. The van der Waals surface area contributed by atoms with Crippen molar-refractivity contribution in [3.8, 4) is 22.6 Å². The Morgan fingerprint density at radius 2 is 2.12 bits per heavy atom. The Balaban J connectivity index is 2.64. The number of nitrogens with zero attached hydrogens (tertiary/aromatic N) is 1. The van der Waals surface area contributed by atoms with E-state index in [-0.39, 0.29) is 16.3 Å². The van der Waals surface area contributed by atoms with Crippen LogP contribution < -0.4 is 4.74 Å². The third-order valence-electron chi connectivity index (χ3n) is 2.33. The quantitative estimate of drug-likeness (QED) is 0.893. The molecule has 1 heterocycles. The van der Waals surface area contributed by atoms with Crippen LogP contribution in [-0.2, 0) is 0 Å². The van der Waals surface area contributed by atoms with Crippen molar-refractivity contribution in [2.24, 2.45) is 0 Å². The lowest BCUT2D eigenvalue weighted by Gasteiger charge is -2.09. The van der Waals surface area contributed by atoms with E-state index in [1.54, 1.807) is 6.07 Å². The second-order valence-electron chi connectivity index (χ2n) is 3.36. The van der Waals surface area contributed by atoms with Crippen molar-refractivity contribution in [2.45, 2.75) is 0 Å². The molecule has 0 aliphatic heterocycles. The van der Waals surface area contributed by atoms with Gasteiger partial charge >= 0.3 is 0 Å². The van der Waals surface area contributed by atoms with Crippen LogP contribution >= 0.6 is 11.6 Å². The predicted molar refractivity (Wildman–Crippen MR) is 62.9 cm³/mol. The highest BCUT2D eigenvalue weighted by atomic mass is 35.5. The van der Waals surface area contributed by atoms with Gasteiger partial charge in [-0.15, -0.1) is 0 Å². The molecular formula is C12H9ClFNO2. The van der Waals surface area contributed by atoms with E-state index < -0.39 is 5.82 Å². The molecule has 0 aliphatic carbocycles. The zero-order valence-electron chi connectivity index (χ0n) is 8.95. The van der Waals surface area contributed by atoms with Crippen molar-refractivity contribution in [3.63, 3.8) is 0 Å². The molecule has 0 saturated carbocycles. The number of halogens is 2. The molecule has 0 aliphatic rings. The summed E-state index contributed by atoms with van der Waals surface area (Å²) in [7, 11) is 1.47. The Kier molecular flexibility index (Phi) is 3.15. The number of aromatic nitrogens is 1. The molecule has 0 saturated heterocycles. The molecule has 2 rings (SSSR count). The van der Waals surface area contributed by atoms with E-state index in [0.717, 1.165) is 6.07 Å². The normalized spacial score (nSPS) is 10.3. The van der Waals surface area contributed by atoms with Crippen LogP contribution in [-0.4, -0.2) is 17.2 Å². The van der Waals surface area contributed by atoms with Gasteiger partial charge in [-0.3, -0.25) is 4.98 Å². The van der Waals surface area contributed by atoms with Gasteiger partial charge in [-0.05, 0) is 12.1 Å². The van der Waals surface area contributed by atoms with Crippen molar-refractivity contribution in [2.75, 3.05) is 7.11 Å². The van der Waals surface area contributed by atoms with Crippen LogP contribution in [0, 0.1) is 5.82 Å². The van der Waals surface area contributed by atoms with E-state index in [0.29, 0.717) is 11.3 Å². The highest BCUT2D eigenvalue weighted by Gasteiger charge is 2.13. The summed E-state index contributed by atoms with van der Waals surface area (Å²) in [6, 6.07) is 3.94. The molecule has 0 spiro atoms. The van der Waals surface area contributed by atoms with E-state index in [1.807, 2.05) is 0 Å². The van der Waals surface area contributed by atoms with Gasteiger partial charge in [-0.1, -0.05) is 11.6 Å². The summed E-state index contributed by atoms with van der Waals surface area (Å²) in [5.41, 5.74) is 0.786. The third kappa shape index (κ3) is 2.17. The second kappa shape index (κ2) is 4.59. The molecule has 0 atom stereocenters. The van der Waals surface area contributed by atoms with E-state index in [4.69, 9.17) is 16.3 Å². The molecule has 1 aromatic heterocycles. The standard InChI is InChI=1S/C12H9ClFNO2/c1-17-12-6-15-3-2-7(12)8-4-9(13)11(16)5-10(8)14/h2-6,16H,1H3. The fourth-order valence-corrected chi connectivity index (χ4v) is 1.67. The van der Waals surface area contributed by atoms with Crippen LogP contribution in [0.5, 0.6) is 11.5 Å².